The van der Waals surface area contributed by atoms with Crippen LogP contribution < -0.4 is 10.7 Å². The Balaban J connectivity index is 1.83. The van der Waals surface area contributed by atoms with E-state index < -0.39 is 0 Å². The molecule has 4 heteroatoms. The summed E-state index contributed by atoms with van der Waals surface area (Å²) >= 11 is 0. The number of carbonyl (C=O) groups excluding carboxylic acids is 1. The molecular weight excluding hydrogens is 384 g/mol. The molecule has 31 heavy (non-hydrogen) atoms. The zero-order chi connectivity index (χ0) is 21.8. The van der Waals surface area contributed by atoms with Gasteiger partial charge in [-0.25, -0.2) is 0 Å². The van der Waals surface area contributed by atoms with Crippen LogP contribution in [0.3, 0.4) is 0 Å². The largest absolute Gasteiger partial charge is 0.344 e. The number of hydrogen-bond acceptors (Lipinski definition) is 2. The van der Waals surface area contributed by atoms with Crippen molar-refractivity contribution in [1.29, 1.82) is 0 Å². The number of nitrogens with one attached hydrogen (secondary N) is 1. The lowest BCUT2D eigenvalue weighted by molar-refractivity contribution is 0.102. The SMILES string of the molecule is Cc1ccccc1NC(=O)c1c(-c2ccccc2)n(CC2CCCCC2)c(C)cc1=O. The van der Waals surface area contributed by atoms with Crippen LogP contribution in [0.5, 0.6) is 0 Å². The Bertz CT molecular complexity index is 1130. The van der Waals surface area contributed by atoms with Crippen molar-refractivity contribution in [2.45, 2.75) is 52.5 Å². The Kier molecular flexibility index (Phi) is 6.36. The topological polar surface area (TPSA) is 51.1 Å². The molecule has 0 atom stereocenters. The number of nitrogens with zero attached hydrogens (tertiary/aromatic N) is 1. The standard InChI is InChI=1S/C27H30N2O2/c1-19-11-9-10-16-23(19)28-27(31)25-24(30)17-20(2)29(18-21-12-5-3-6-13-21)26(25)22-14-7-4-8-15-22/h4,7-11,14-17,21H,3,5-6,12-13,18H2,1-2H3,(H,28,31). The van der Waals surface area contributed by atoms with Crippen molar-refractivity contribution in [3.05, 3.63) is 87.7 Å². The number of hydrogen-bond donors (Lipinski definition) is 1. The minimum absolute atomic E-state index is 0.218. The maximum Gasteiger partial charge on any atom is 0.261 e. The third kappa shape index (κ3) is 4.63. The lowest BCUT2D eigenvalue weighted by atomic mass is 9.88. The minimum Gasteiger partial charge on any atom is -0.344 e. The molecule has 4 nitrogen and oxygen atoms in total. The van der Waals surface area contributed by atoms with Crippen LogP contribution in [0.2, 0.25) is 0 Å². The molecule has 1 N–H and O–H groups in total. The molecule has 0 bridgehead atoms. The molecule has 1 saturated carbocycles. The van der Waals surface area contributed by atoms with Crippen LogP contribution in [-0.2, 0) is 6.54 Å². The van der Waals surface area contributed by atoms with Crippen molar-refractivity contribution in [3.8, 4) is 11.3 Å². The van der Waals surface area contributed by atoms with Crippen LogP contribution in [0.1, 0.15) is 53.7 Å². The summed E-state index contributed by atoms with van der Waals surface area (Å²) in [4.78, 5) is 26.5. The van der Waals surface area contributed by atoms with Gasteiger partial charge in [0.05, 0.1) is 5.69 Å². The van der Waals surface area contributed by atoms with Crippen LogP contribution in [0.25, 0.3) is 11.3 Å². The minimum atomic E-state index is -0.351. The summed E-state index contributed by atoms with van der Waals surface area (Å²) in [5.41, 5.74) is 4.20. The van der Waals surface area contributed by atoms with Gasteiger partial charge in [0.15, 0.2) is 5.43 Å². The Morgan fingerprint density at radius 3 is 2.35 bits per heavy atom. The van der Waals surface area contributed by atoms with E-state index in [1.54, 1.807) is 6.07 Å². The highest BCUT2D eigenvalue weighted by atomic mass is 16.2. The molecule has 1 aromatic heterocycles. The molecule has 1 aliphatic rings. The lowest BCUT2D eigenvalue weighted by Gasteiger charge is -2.27. The van der Waals surface area contributed by atoms with E-state index in [4.69, 9.17) is 0 Å². The van der Waals surface area contributed by atoms with Gasteiger partial charge in [-0.05, 0) is 49.8 Å². The Hall–Kier alpha value is -3.14. The predicted octanol–water partition coefficient (Wildman–Crippen LogP) is 5.96. The van der Waals surface area contributed by atoms with Gasteiger partial charge in [0, 0.05) is 24.0 Å². The van der Waals surface area contributed by atoms with Gasteiger partial charge >= 0.3 is 0 Å². The van der Waals surface area contributed by atoms with Crippen molar-refractivity contribution >= 4 is 11.6 Å². The Morgan fingerprint density at radius 2 is 1.65 bits per heavy atom. The monoisotopic (exact) mass is 414 g/mol. The van der Waals surface area contributed by atoms with Gasteiger partial charge in [-0.3, -0.25) is 9.59 Å². The second-order valence-electron chi connectivity index (χ2n) is 8.62. The highest BCUT2D eigenvalue weighted by Gasteiger charge is 2.24. The molecule has 0 radical (unpaired) electrons. The highest BCUT2D eigenvalue weighted by molar-refractivity contribution is 6.08. The maximum atomic E-state index is 13.4. The second-order valence-corrected chi connectivity index (χ2v) is 8.62. The second kappa shape index (κ2) is 9.34. The summed E-state index contributed by atoms with van der Waals surface area (Å²) in [6.07, 6.45) is 6.21. The summed E-state index contributed by atoms with van der Waals surface area (Å²) in [7, 11) is 0. The molecule has 160 valence electrons. The van der Waals surface area contributed by atoms with E-state index in [1.165, 1.54) is 32.1 Å². The van der Waals surface area contributed by atoms with Crippen LogP contribution in [0, 0.1) is 19.8 Å². The summed E-state index contributed by atoms with van der Waals surface area (Å²) in [6, 6.07) is 19.1. The first-order valence-corrected chi connectivity index (χ1v) is 11.2. The molecule has 3 aromatic rings. The number of benzene rings is 2. The van der Waals surface area contributed by atoms with Gasteiger partial charge in [0.1, 0.15) is 5.56 Å². The molecule has 1 fully saturated rings. The zero-order valence-electron chi connectivity index (χ0n) is 18.4. The Labute approximate surface area is 183 Å². The first-order valence-electron chi connectivity index (χ1n) is 11.2. The summed E-state index contributed by atoms with van der Waals surface area (Å²) in [5, 5.41) is 2.98. The Morgan fingerprint density at radius 1 is 0.968 bits per heavy atom. The van der Waals surface area contributed by atoms with E-state index in [1.807, 2.05) is 68.4 Å². The molecule has 0 spiro atoms. The van der Waals surface area contributed by atoms with E-state index in [-0.39, 0.29) is 16.9 Å². The number of carbonyl (C=O) groups is 1. The maximum absolute atomic E-state index is 13.4. The van der Waals surface area contributed by atoms with E-state index in [9.17, 15) is 9.59 Å². The van der Waals surface area contributed by atoms with Crippen molar-refractivity contribution in [2.75, 3.05) is 5.32 Å². The van der Waals surface area contributed by atoms with E-state index >= 15 is 0 Å². The van der Waals surface area contributed by atoms with Gasteiger partial charge in [0.2, 0.25) is 0 Å². The number of pyridine rings is 1. The molecular formula is C27H30N2O2. The van der Waals surface area contributed by atoms with E-state index in [0.717, 1.165) is 34.7 Å². The normalized spacial score (nSPS) is 14.4. The van der Waals surface area contributed by atoms with Gasteiger partial charge in [0.25, 0.3) is 5.91 Å². The van der Waals surface area contributed by atoms with Crippen LogP contribution in [0.4, 0.5) is 5.69 Å². The van der Waals surface area contributed by atoms with Crippen LogP contribution in [-0.4, -0.2) is 10.5 Å². The number of anilines is 1. The lowest BCUT2D eigenvalue weighted by Crippen LogP contribution is -2.28. The van der Waals surface area contributed by atoms with Crippen LogP contribution >= 0.6 is 0 Å². The first kappa shape index (κ1) is 21.1. The average Bonchev–Trinajstić information content (AvgIpc) is 2.78. The zero-order valence-corrected chi connectivity index (χ0v) is 18.4. The van der Waals surface area contributed by atoms with Gasteiger partial charge < -0.3 is 9.88 Å². The summed E-state index contributed by atoms with van der Waals surface area (Å²) in [5.74, 6) is 0.222. The van der Waals surface area contributed by atoms with E-state index in [0.29, 0.717) is 5.92 Å². The summed E-state index contributed by atoms with van der Waals surface area (Å²) < 4.78 is 2.19. The third-order valence-electron chi connectivity index (χ3n) is 6.35. The van der Waals surface area contributed by atoms with E-state index in [2.05, 4.69) is 9.88 Å². The highest BCUT2D eigenvalue weighted by Crippen LogP contribution is 2.30. The molecule has 0 unspecified atom stereocenters. The van der Waals surface area contributed by atoms with Gasteiger partial charge in [-0.2, -0.15) is 0 Å². The fraction of sp³-hybridized carbons (Fsp3) is 0.333. The summed E-state index contributed by atoms with van der Waals surface area (Å²) in [6.45, 7) is 4.75. The van der Waals surface area contributed by atoms with Crippen molar-refractivity contribution < 1.29 is 4.79 Å². The molecule has 2 aromatic carbocycles. The molecule has 4 rings (SSSR count). The fourth-order valence-electron chi connectivity index (χ4n) is 4.64. The molecule has 0 aliphatic heterocycles. The quantitative estimate of drug-likeness (QED) is 0.560. The molecule has 0 saturated heterocycles. The number of amides is 1. The number of para-hydroxylation sites is 1. The van der Waals surface area contributed by atoms with Crippen molar-refractivity contribution in [2.24, 2.45) is 5.92 Å². The van der Waals surface area contributed by atoms with Crippen LogP contribution in [0.15, 0.2) is 65.5 Å². The van der Waals surface area contributed by atoms with Gasteiger partial charge in [-0.15, -0.1) is 0 Å². The molecule has 1 heterocycles. The number of rotatable bonds is 5. The fourth-order valence-corrected chi connectivity index (χ4v) is 4.64. The van der Waals surface area contributed by atoms with Crippen molar-refractivity contribution in [1.82, 2.24) is 4.57 Å². The number of aryl methyl sites for hydroxylation is 2. The number of aromatic nitrogens is 1. The predicted molar refractivity (Wildman–Crippen MR) is 127 cm³/mol. The smallest absolute Gasteiger partial charge is 0.261 e. The molecule has 1 aliphatic carbocycles. The van der Waals surface area contributed by atoms with Crippen molar-refractivity contribution in [3.63, 3.8) is 0 Å². The molecule has 1 amide bonds. The van der Waals surface area contributed by atoms with Gasteiger partial charge in [-0.1, -0.05) is 67.8 Å². The average molecular weight is 415 g/mol. The third-order valence-corrected chi connectivity index (χ3v) is 6.35. The first-order chi connectivity index (χ1) is 15.0.